The monoisotopic (exact) mass is 430 g/mol. The Hall–Kier alpha value is -3.22. The number of likely N-dealkylation sites (tertiary alicyclic amines) is 1. The number of amides is 1. The van der Waals surface area contributed by atoms with Crippen molar-refractivity contribution in [2.45, 2.75) is 65.0 Å². The van der Waals surface area contributed by atoms with Crippen LogP contribution in [0.15, 0.2) is 36.4 Å². The molecule has 1 unspecified atom stereocenters. The van der Waals surface area contributed by atoms with Gasteiger partial charge in [0, 0.05) is 36.8 Å². The maximum Gasteiger partial charge on any atom is 0.247 e. The van der Waals surface area contributed by atoms with Crippen molar-refractivity contribution in [1.82, 2.24) is 29.4 Å². The maximum atomic E-state index is 13.2. The highest BCUT2D eigenvalue weighted by atomic mass is 16.2. The Balaban J connectivity index is 1.37. The van der Waals surface area contributed by atoms with Crippen molar-refractivity contribution in [3.05, 3.63) is 65.0 Å². The van der Waals surface area contributed by atoms with E-state index in [1.807, 2.05) is 59.8 Å². The number of fused-ring (bicyclic) bond motifs is 1. The summed E-state index contributed by atoms with van der Waals surface area (Å²) in [5, 5.41) is 13.7. The van der Waals surface area contributed by atoms with E-state index in [-0.39, 0.29) is 11.9 Å². The highest BCUT2D eigenvalue weighted by Crippen LogP contribution is 2.32. The summed E-state index contributed by atoms with van der Waals surface area (Å²) in [4.78, 5) is 15.2. The molecule has 7 nitrogen and oxygen atoms in total. The lowest BCUT2D eigenvalue weighted by Gasteiger charge is -2.23. The molecule has 0 radical (unpaired) electrons. The lowest BCUT2D eigenvalue weighted by Crippen LogP contribution is -2.30. The maximum absolute atomic E-state index is 13.2. The molecule has 0 aliphatic carbocycles. The largest absolute Gasteiger partial charge is 0.329 e. The zero-order chi connectivity index (χ0) is 22.1. The molecule has 0 bridgehead atoms. The van der Waals surface area contributed by atoms with Crippen LogP contribution in [-0.2, 0) is 17.8 Å². The molecule has 0 spiro atoms. The second-order valence-electron chi connectivity index (χ2n) is 8.79. The van der Waals surface area contributed by atoms with Crippen LogP contribution in [0.1, 0.15) is 66.7 Å². The number of hydrogen-bond acceptors (Lipinski definition) is 4. The molecule has 1 fully saturated rings. The molecule has 166 valence electrons. The third-order valence-electron chi connectivity index (χ3n) is 6.71. The van der Waals surface area contributed by atoms with Gasteiger partial charge < -0.3 is 9.47 Å². The van der Waals surface area contributed by atoms with Gasteiger partial charge >= 0.3 is 0 Å². The van der Waals surface area contributed by atoms with Gasteiger partial charge in [0.15, 0.2) is 5.82 Å². The molecule has 3 aromatic rings. The summed E-state index contributed by atoms with van der Waals surface area (Å²) < 4.78 is 4.20. The fourth-order valence-corrected chi connectivity index (χ4v) is 5.02. The lowest BCUT2D eigenvalue weighted by molar-refractivity contribution is -0.127. The first kappa shape index (κ1) is 20.7. The normalized spacial score (nSPS) is 18.8. The molecular formula is C25H30N6O. The number of aromatic nitrogens is 5. The average Bonchev–Trinajstić information content (AvgIpc) is 3.46. The summed E-state index contributed by atoms with van der Waals surface area (Å²) in [5.74, 6) is 2.07. The molecule has 2 aliphatic heterocycles. The van der Waals surface area contributed by atoms with Crippen LogP contribution in [0.5, 0.6) is 0 Å². The Kier molecular flexibility index (Phi) is 5.64. The van der Waals surface area contributed by atoms with Gasteiger partial charge in [0.25, 0.3) is 0 Å². The molecule has 4 heterocycles. The van der Waals surface area contributed by atoms with E-state index in [1.165, 1.54) is 12.8 Å². The van der Waals surface area contributed by atoms with Gasteiger partial charge in [0.2, 0.25) is 5.91 Å². The zero-order valence-electron chi connectivity index (χ0n) is 18.9. The molecule has 0 N–H and O–H groups in total. The Morgan fingerprint density at radius 2 is 1.88 bits per heavy atom. The van der Waals surface area contributed by atoms with Crippen LogP contribution in [0.3, 0.4) is 0 Å². The smallest absolute Gasteiger partial charge is 0.247 e. The fraction of sp³-hybridized carbons (Fsp3) is 0.440. The number of aryl methyl sites for hydroxylation is 2. The number of carbonyl (C=O) groups excluding carboxylic acids is 1. The molecule has 1 aromatic carbocycles. The van der Waals surface area contributed by atoms with Crippen molar-refractivity contribution in [2.24, 2.45) is 0 Å². The van der Waals surface area contributed by atoms with Gasteiger partial charge in [-0.3, -0.25) is 4.79 Å². The van der Waals surface area contributed by atoms with Crippen molar-refractivity contribution in [1.29, 1.82) is 0 Å². The van der Waals surface area contributed by atoms with Crippen LogP contribution in [-0.4, -0.2) is 41.9 Å². The van der Waals surface area contributed by atoms with Gasteiger partial charge in [0.05, 0.1) is 17.4 Å². The Morgan fingerprint density at radius 1 is 1.03 bits per heavy atom. The highest BCUT2D eigenvalue weighted by molar-refractivity contribution is 5.92. The Bertz CT molecular complexity index is 1140. The van der Waals surface area contributed by atoms with Crippen molar-refractivity contribution >= 4 is 12.0 Å². The number of nitrogens with zero attached hydrogens (tertiary/aromatic N) is 6. The second kappa shape index (κ2) is 8.73. The summed E-state index contributed by atoms with van der Waals surface area (Å²) in [7, 11) is 0. The van der Waals surface area contributed by atoms with E-state index >= 15 is 0 Å². The third kappa shape index (κ3) is 3.76. The predicted molar refractivity (Wildman–Crippen MR) is 123 cm³/mol. The van der Waals surface area contributed by atoms with E-state index < -0.39 is 0 Å². The molecule has 1 saturated heterocycles. The van der Waals surface area contributed by atoms with E-state index in [1.54, 1.807) is 6.08 Å². The number of benzene rings is 1. The molecule has 2 aromatic heterocycles. The van der Waals surface area contributed by atoms with Gasteiger partial charge in [-0.2, -0.15) is 5.10 Å². The Labute approximate surface area is 188 Å². The molecule has 1 amide bonds. The molecule has 5 rings (SSSR count). The highest BCUT2D eigenvalue weighted by Gasteiger charge is 2.33. The number of carbonyl (C=O) groups is 1. The topological polar surface area (TPSA) is 68.8 Å². The van der Waals surface area contributed by atoms with Crippen LogP contribution < -0.4 is 0 Å². The molecule has 7 heteroatoms. The van der Waals surface area contributed by atoms with E-state index in [2.05, 4.69) is 19.9 Å². The molecular weight excluding hydrogens is 400 g/mol. The van der Waals surface area contributed by atoms with E-state index in [9.17, 15) is 4.79 Å². The SMILES string of the molecule is Cc1nn(-c2ccccc2)c(C)c1/C=C/C(=O)N1CCCC1c1nnc2n1CCCCC2. The minimum absolute atomic E-state index is 0.0146. The van der Waals surface area contributed by atoms with Gasteiger partial charge in [0.1, 0.15) is 5.82 Å². The fourth-order valence-electron chi connectivity index (χ4n) is 5.02. The summed E-state index contributed by atoms with van der Waals surface area (Å²) in [6.45, 7) is 5.75. The van der Waals surface area contributed by atoms with Crippen LogP contribution in [0, 0.1) is 13.8 Å². The van der Waals surface area contributed by atoms with Gasteiger partial charge in [-0.1, -0.05) is 24.6 Å². The molecule has 0 saturated carbocycles. The predicted octanol–water partition coefficient (Wildman–Crippen LogP) is 4.18. The van der Waals surface area contributed by atoms with E-state index in [4.69, 9.17) is 0 Å². The van der Waals surface area contributed by atoms with E-state index in [0.717, 1.165) is 73.1 Å². The first-order chi connectivity index (χ1) is 15.6. The number of rotatable bonds is 4. The van der Waals surface area contributed by atoms with Gasteiger partial charge in [-0.05, 0) is 57.7 Å². The lowest BCUT2D eigenvalue weighted by atomic mass is 10.1. The van der Waals surface area contributed by atoms with Crippen LogP contribution >= 0.6 is 0 Å². The minimum Gasteiger partial charge on any atom is -0.329 e. The standard InChI is InChI=1S/C25H30N6O/c1-18-21(19(2)31(28-18)20-10-5-3-6-11-20)14-15-24(32)29-17-9-12-22(29)25-27-26-23-13-7-4-8-16-30(23)25/h3,5-6,10-11,14-15,22H,4,7-9,12-13,16-17H2,1-2H3/b15-14+. The van der Waals surface area contributed by atoms with Gasteiger partial charge in [-0.25, -0.2) is 4.68 Å². The van der Waals surface area contributed by atoms with Crippen LogP contribution in [0.2, 0.25) is 0 Å². The van der Waals surface area contributed by atoms with Gasteiger partial charge in [-0.15, -0.1) is 10.2 Å². The summed E-state index contributed by atoms with van der Waals surface area (Å²) in [6, 6.07) is 10.1. The summed E-state index contributed by atoms with van der Waals surface area (Å²) in [6.07, 6.45) is 10.1. The summed E-state index contributed by atoms with van der Waals surface area (Å²) >= 11 is 0. The quantitative estimate of drug-likeness (QED) is 0.582. The minimum atomic E-state index is 0.0146. The van der Waals surface area contributed by atoms with Crippen LogP contribution in [0.4, 0.5) is 0 Å². The first-order valence-corrected chi connectivity index (χ1v) is 11.7. The molecule has 2 aliphatic rings. The van der Waals surface area contributed by atoms with Crippen molar-refractivity contribution in [3.63, 3.8) is 0 Å². The summed E-state index contributed by atoms with van der Waals surface area (Å²) in [5.41, 5.74) is 3.95. The second-order valence-corrected chi connectivity index (χ2v) is 8.79. The van der Waals surface area contributed by atoms with Crippen molar-refractivity contribution in [2.75, 3.05) is 6.54 Å². The zero-order valence-corrected chi connectivity index (χ0v) is 18.9. The Morgan fingerprint density at radius 3 is 2.72 bits per heavy atom. The molecule has 32 heavy (non-hydrogen) atoms. The average molecular weight is 431 g/mol. The van der Waals surface area contributed by atoms with E-state index in [0.29, 0.717) is 0 Å². The van der Waals surface area contributed by atoms with Crippen molar-refractivity contribution < 1.29 is 4.79 Å². The number of para-hydroxylation sites is 1. The number of hydrogen-bond donors (Lipinski definition) is 0. The molecule has 1 atom stereocenters. The third-order valence-corrected chi connectivity index (χ3v) is 6.71. The first-order valence-electron chi connectivity index (χ1n) is 11.7. The van der Waals surface area contributed by atoms with Crippen LogP contribution in [0.25, 0.3) is 11.8 Å². The van der Waals surface area contributed by atoms with Crippen molar-refractivity contribution in [3.8, 4) is 5.69 Å².